The van der Waals surface area contributed by atoms with Crippen LogP contribution in [-0.4, -0.2) is 60.3 Å². The van der Waals surface area contributed by atoms with Crippen molar-refractivity contribution in [3.05, 3.63) is 52.0 Å². The number of aromatic nitrogens is 1. The van der Waals surface area contributed by atoms with E-state index in [4.69, 9.17) is 14.2 Å². The van der Waals surface area contributed by atoms with Crippen molar-refractivity contribution in [2.45, 2.75) is 45.9 Å². The van der Waals surface area contributed by atoms with E-state index in [9.17, 15) is 9.59 Å². The number of pyridine rings is 1. The zero-order valence-corrected chi connectivity index (χ0v) is 21.2. The summed E-state index contributed by atoms with van der Waals surface area (Å²) in [6, 6.07) is 10.9. The number of methoxy groups -OCH3 is 1. The highest BCUT2D eigenvalue weighted by Gasteiger charge is 2.31. The molecule has 9 heteroatoms. The van der Waals surface area contributed by atoms with Gasteiger partial charge in [-0.05, 0) is 45.9 Å². The van der Waals surface area contributed by atoms with E-state index < -0.39 is 11.6 Å². The summed E-state index contributed by atoms with van der Waals surface area (Å²) >= 11 is 3.48. The lowest BCUT2D eigenvalue weighted by Crippen LogP contribution is -2.55. The highest BCUT2D eigenvalue weighted by Crippen LogP contribution is 2.24. The van der Waals surface area contributed by atoms with Crippen LogP contribution in [0.3, 0.4) is 0 Å². The number of carbonyl (C=O) groups is 2. The minimum atomic E-state index is -0.518. The zero-order valence-electron chi connectivity index (χ0n) is 19.6. The number of halogens is 1. The van der Waals surface area contributed by atoms with Crippen LogP contribution in [0.5, 0.6) is 5.88 Å². The van der Waals surface area contributed by atoms with Crippen molar-refractivity contribution < 1.29 is 23.8 Å². The number of piperazine rings is 1. The summed E-state index contributed by atoms with van der Waals surface area (Å²) in [4.78, 5) is 32.7. The van der Waals surface area contributed by atoms with E-state index in [0.717, 1.165) is 15.9 Å². The molecule has 0 radical (unpaired) electrons. The van der Waals surface area contributed by atoms with E-state index >= 15 is 0 Å². The smallest absolute Gasteiger partial charge is 0.410 e. The van der Waals surface area contributed by atoms with Gasteiger partial charge in [-0.2, -0.15) is 4.98 Å². The van der Waals surface area contributed by atoms with E-state index in [1.807, 2.05) is 45.9 Å². The fourth-order valence-electron chi connectivity index (χ4n) is 3.48. The normalized spacial score (nSPS) is 16.4. The van der Waals surface area contributed by atoms with Crippen LogP contribution in [-0.2, 0) is 16.1 Å². The highest BCUT2D eigenvalue weighted by atomic mass is 79.9. The Balaban J connectivity index is 1.61. The first-order valence-corrected chi connectivity index (χ1v) is 11.6. The Hall–Kier alpha value is -2.81. The predicted octanol–water partition coefficient (Wildman–Crippen LogP) is 4.66. The van der Waals surface area contributed by atoms with Gasteiger partial charge in [-0.1, -0.05) is 28.1 Å². The molecular formula is C24H30BrN3O5. The molecule has 1 saturated heterocycles. The summed E-state index contributed by atoms with van der Waals surface area (Å²) in [5.41, 5.74) is 0.831. The van der Waals surface area contributed by atoms with E-state index in [1.54, 1.807) is 23.1 Å². The van der Waals surface area contributed by atoms with Gasteiger partial charge in [0.25, 0.3) is 0 Å². The third-order valence-electron chi connectivity index (χ3n) is 5.14. The monoisotopic (exact) mass is 519 g/mol. The quantitative estimate of drug-likeness (QED) is 0.531. The van der Waals surface area contributed by atoms with Crippen molar-refractivity contribution >= 4 is 33.8 Å². The van der Waals surface area contributed by atoms with Gasteiger partial charge in [-0.3, -0.25) is 0 Å². The second-order valence-corrected chi connectivity index (χ2v) is 9.74. The number of benzene rings is 1. The number of rotatable bonds is 5. The van der Waals surface area contributed by atoms with Crippen LogP contribution in [0.1, 0.15) is 43.6 Å². The fraction of sp³-hybridized carbons (Fsp3) is 0.458. The van der Waals surface area contributed by atoms with Crippen LogP contribution >= 0.6 is 15.9 Å². The Kier molecular flexibility index (Phi) is 7.84. The maximum atomic E-state index is 12.5. The van der Waals surface area contributed by atoms with Crippen LogP contribution < -0.4 is 9.64 Å². The first kappa shape index (κ1) is 24.8. The molecule has 1 fully saturated rings. The largest absolute Gasteiger partial charge is 0.473 e. The summed E-state index contributed by atoms with van der Waals surface area (Å²) < 4.78 is 16.9. The molecule has 178 valence electrons. The van der Waals surface area contributed by atoms with Crippen molar-refractivity contribution in [2.75, 3.05) is 31.6 Å². The van der Waals surface area contributed by atoms with E-state index in [2.05, 4.69) is 25.8 Å². The SMILES string of the molecule is COC(=O)c1ccc(COc2cccc(N3CCN(C(=O)OC(C)(C)C)C(C)C3)n2)c(Br)c1. The Morgan fingerprint density at radius 3 is 2.58 bits per heavy atom. The van der Waals surface area contributed by atoms with Gasteiger partial charge in [0.05, 0.1) is 12.7 Å². The maximum absolute atomic E-state index is 12.5. The maximum Gasteiger partial charge on any atom is 0.410 e. The third-order valence-corrected chi connectivity index (χ3v) is 5.88. The lowest BCUT2D eigenvalue weighted by atomic mass is 10.1. The average molecular weight is 520 g/mol. The molecule has 0 bridgehead atoms. The summed E-state index contributed by atoms with van der Waals surface area (Å²) in [7, 11) is 1.35. The molecule has 1 unspecified atom stereocenters. The topological polar surface area (TPSA) is 81.2 Å². The number of amides is 1. The van der Waals surface area contributed by atoms with Crippen molar-refractivity contribution in [3.63, 3.8) is 0 Å². The zero-order chi connectivity index (χ0) is 24.2. The van der Waals surface area contributed by atoms with Crippen LogP contribution in [0.2, 0.25) is 0 Å². The molecule has 33 heavy (non-hydrogen) atoms. The minimum Gasteiger partial charge on any atom is -0.473 e. The van der Waals surface area contributed by atoms with Crippen molar-refractivity contribution in [2.24, 2.45) is 0 Å². The van der Waals surface area contributed by atoms with Gasteiger partial charge >= 0.3 is 12.1 Å². The van der Waals surface area contributed by atoms with Gasteiger partial charge < -0.3 is 24.0 Å². The van der Waals surface area contributed by atoms with Crippen molar-refractivity contribution in [3.8, 4) is 5.88 Å². The molecule has 1 amide bonds. The molecule has 2 aromatic rings. The summed E-state index contributed by atoms with van der Waals surface area (Å²) in [5.74, 6) is 0.903. The fourth-order valence-corrected chi connectivity index (χ4v) is 3.97. The Labute approximate surface area is 202 Å². The molecule has 1 aliphatic rings. The molecule has 1 aliphatic heterocycles. The minimum absolute atomic E-state index is 0.00995. The second kappa shape index (κ2) is 10.4. The number of ether oxygens (including phenoxy) is 3. The number of carbonyl (C=O) groups excluding carboxylic acids is 2. The van der Waals surface area contributed by atoms with Crippen LogP contribution in [0.4, 0.5) is 10.6 Å². The molecule has 3 rings (SSSR count). The Morgan fingerprint density at radius 1 is 1.18 bits per heavy atom. The number of nitrogens with zero attached hydrogens (tertiary/aromatic N) is 3. The van der Waals surface area contributed by atoms with E-state index in [-0.39, 0.29) is 12.1 Å². The van der Waals surface area contributed by atoms with E-state index in [0.29, 0.717) is 37.7 Å². The number of hydrogen-bond donors (Lipinski definition) is 0. The Bertz CT molecular complexity index is 1010. The molecule has 8 nitrogen and oxygen atoms in total. The summed E-state index contributed by atoms with van der Waals surface area (Å²) in [6.45, 7) is 9.76. The first-order chi connectivity index (χ1) is 15.6. The lowest BCUT2D eigenvalue weighted by molar-refractivity contribution is 0.0158. The first-order valence-electron chi connectivity index (χ1n) is 10.8. The van der Waals surface area contributed by atoms with Gasteiger partial charge in [0, 0.05) is 41.8 Å². The summed E-state index contributed by atoms with van der Waals surface area (Å²) in [5, 5.41) is 0. The van der Waals surface area contributed by atoms with Crippen molar-refractivity contribution in [1.82, 2.24) is 9.88 Å². The molecule has 0 saturated carbocycles. The molecule has 1 aromatic carbocycles. The molecule has 0 N–H and O–H groups in total. The van der Waals surface area contributed by atoms with Crippen LogP contribution in [0.15, 0.2) is 40.9 Å². The van der Waals surface area contributed by atoms with Gasteiger partial charge in [0.1, 0.15) is 18.0 Å². The number of hydrogen-bond acceptors (Lipinski definition) is 7. The number of anilines is 1. The third kappa shape index (κ3) is 6.60. The lowest BCUT2D eigenvalue weighted by Gasteiger charge is -2.40. The van der Waals surface area contributed by atoms with Gasteiger partial charge in [0.15, 0.2) is 0 Å². The predicted molar refractivity (Wildman–Crippen MR) is 129 cm³/mol. The van der Waals surface area contributed by atoms with Gasteiger partial charge in [-0.15, -0.1) is 0 Å². The molecule has 1 atom stereocenters. The molecule has 0 aliphatic carbocycles. The average Bonchev–Trinajstić information content (AvgIpc) is 2.76. The van der Waals surface area contributed by atoms with Gasteiger partial charge in [0.2, 0.25) is 5.88 Å². The molecule has 0 spiro atoms. The molecule has 1 aromatic heterocycles. The standard InChI is InChI=1S/C24H30BrN3O5/c1-16-14-27(11-12-28(16)23(30)33-24(2,3)4)20-7-6-8-21(26-20)32-15-18-10-9-17(13-19(18)25)22(29)31-5/h6-10,13,16H,11-12,14-15H2,1-5H3. The second-order valence-electron chi connectivity index (χ2n) is 8.89. The molecular weight excluding hydrogens is 490 g/mol. The van der Waals surface area contributed by atoms with E-state index in [1.165, 1.54) is 7.11 Å². The van der Waals surface area contributed by atoms with Gasteiger partial charge in [-0.25, -0.2) is 9.59 Å². The van der Waals surface area contributed by atoms with Crippen molar-refractivity contribution in [1.29, 1.82) is 0 Å². The number of esters is 1. The molecule has 2 heterocycles. The summed E-state index contributed by atoms with van der Waals surface area (Å²) in [6.07, 6.45) is -0.288. The van der Waals surface area contributed by atoms with Crippen LogP contribution in [0, 0.1) is 0 Å². The highest BCUT2D eigenvalue weighted by molar-refractivity contribution is 9.10. The van der Waals surface area contributed by atoms with Crippen LogP contribution in [0.25, 0.3) is 0 Å². The Morgan fingerprint density at radius 2 is 1.94 bits per heavy atom.